The van der Waals surface area contributed by atoms with E-state index in [-0.39, 0.29) is 17.9 Å². The van der Waals surface area contributed by atoms with Gasteiger partial charge in [-0.3, -0.25) is 0 Å². The van der Waals surface area contributed by atoms with Crippen LogP contribution in [0.15, 0.2) is 35.9 Å². The Bertz CT molecular complexity index is 404. The zero-order chi connectivity index (χ0) is 11.3. The van der Waals surface area contributed by atoms with Gasteiger partial charge in [0.25, 0.3) is 0 Å². The summed E-state index contributed by atoms with van der Waals surface area (Å²) < 4.78 is 4.53. The maximum absolute atomic E-state index is 9.19. The number of diazo groups is 1. The van der Waals surface area contributed by atoms with Gasteiger partial charge in [-0.2, -0.15) is 0 Å². The highest BCUT2D eigenvalue weighted by atomic mass is 16.6. The van der Waals surface area contributed by atoms with Gasteiger partial charge in [0.1, 0.15) is 5.75 Å². The second-order valence-electron chi connectivity index (χ2n) is 2.90. The molecule has 1 rings (SSSR count). The molecule has 2 N–H and O–H groups in total. The molecule has 1 aromatic carbocycles. The van der Waals surface area contributed by atoms with Gasteiger partial charge >= 0.3 is 11.6 Å². The van der Waals surface area contributed by atoms with Crippen molar-refractivity contribution in [2.75, 3.05) is 7.11 Å². The van der Waals surface area contributed by atoms with Crippen molar-refractivity contribution in [2.24, 2.45) is 0 Å². The number of hydrogen-bond acceptors (Lipinski definition) is 4. The molecule has 0 atom stereocenters. The summed E-state index contributed by atoms with van der Waals surface area (Å²) in [5.41, 5.74) is 0.812. The number of aliphatic hydroxyl groups is 1. The Balaban J connectivity index is 2.86. The number of ether oxygens (including phenoxy) is 1. The second-order valence-corrected chi connectivity index (χ2v) is 2.90. The summed E-state index contributed by atoms with van der Waals surface area (Å²) in [4.78, 5) is 2.92. The summed E-state index contributed by atoms with van der Waals surface area (Å²) in [6, 6.07) is 6.33. The number of aromatic hydroxyl groups is 1. The van der Waals surface area contributed by atoms with Crippen LogP contribution in [0.3, 0.4) is 0 Å². The zero-order valence-corrected chi connectivity index (χ0v) is 8.21. The molecule has 0 saturated carbocycles. The van der Waals surface area contributed by atoms with Gasteiger partial charge in [-0.1, -0.05) is 12.1 Å². The van der Waals surface area contributed by atoms with Crippen molar-refractivity contribution in [3.8, 4) is 5.75 Å². The molecule has 0 aliphatic heterocycles. The lowest BCUT2D eigenvalue weighted by atomic mass is 10.1. The third kappa shape index (κ3) is 2.88. The molecule has 5 nitrogen and oxygen atoms in total. The summed E-state index contributed by atoms with van der Waals surface area (Å²) in [5, 5.41) is 26.9. The molecule has 15 heavy (non-hydrogen) atoms. The van der Waals surface area contributed by atoms with Crippen LogP contribution in [0.2, 0.25) is 0 Å². The van der Waals surface area contributed by atoms with Crippen LogP contribution in [0.4, 0.5) is 0 Å². The molecule has 0 fully saturated rings. The van der Waals surface area contributed by atoms with Crippen molar-refractivity contribution in [3.05, 3.63) is 46.4 Å². The molecule has 0 heterocycles. The number of phenols is 1. The van der Waals surface area contributed by atoms with Gasteiger partial charge in [-0.25, -0.2) is 0 Å². The lowest BCUT2D eigenvalue weighted by molar-refractivity contribution is 0.131. The van der Waals surface area contributed by atoms with Crippen molar-refractivity contribution >= 4 is 0 Å². The monoisotopic (exact) mass is 207 g/mol. The number of rotatable bonds is 3. The summed E-state index contributed by atoms with van der Waals surface area (Å²) in [6.07, 6.45) is 0.219. The molecule has 0 unspecified atom stereocenters. The zero-order valence-electron chi connectivity index (χ0n) is 8.21. The van der Waals surface area contributed by atoms with Crippen LogP contribution in [0, 0.1) is 5.39 Å². The smallest absolute Gasteiger partial charge is 0.444 e. The molecular formula is C10H11N2O3+. The first-order chi connectivity index (χ1) is 7.17. The Kier molecular flexibility index (Phi) is 3.52. The summed E-state index contributed by atoms with van der Waals surface area (Å²) in [6.45, 7) is 0. The van der Waals surface area contributed by atoms with Crippen molar-refractivity contribution in [2.45, 2.75) is 6.42 Å². The first kappa shape index (κ1) is 10.9. The molecule has 0 radical (unpaired) electrons. The van der Waals surface area contributed by atoms with Crippen LogP contribution in [0.25, 0.3) is 4.98 Å². The molecule has 0 aliphatic rings. The van der Waals surface area contributed by atoms with Gasteiger partial charge < -0.3 is 14.9 Å². The van der Waals surface area contributed by atoms with Gasteiger partial charge in [0.15, 0.2) is 4.98 Å². The molecule has 0 aromatic heterocycles. The van der Waals surface area contributed by atoms with E-state index in [1.165, 1.54) is 19.2 Å². The van der Waals surface area contributed by atoms with E-state index in [2.05, 4.69) is 9.71 Å². The van der Waals surface area contributed by atoms with Crippen molar-refractivity contribution in [3.63, 3.8) is 0 Å². The fourth-order valence-electron chi connectivity index (χ4n) is 1.08. The van der Waals surface area contributed by atoms with E-state index < -0.39 is 5.95 Å². The minimum Gasteiger partial charge on any atom is -0.508 e. The Labute approximate surface area is 86.9 Å². The topological polar surface area (TPSA) is 77.8 Å². The predicted octanol–water partition coefficient (Wildman–Crippen LogP) is 2.16. The number of benzene rings is 1. The molecule has 5 heteroatoms. The molecule has 0 amide bonds. The minimum atomic E-state index is -0.425. The van der Waals surface area contributed by atoms with Gasteiger partial charge in [-0.15, -0.1) is 0 Å². The lowest BCUT2D eigenvalue weighted by Gasteiger charge is -1.96. The van der Waals surface area contributed by atoms with Crippen LogP contribution in [-0.4, -0.2) is 17.3 Å². The highest BCUT2D eigenvalue weighted by Crippen LogP contribution is 2.15. The Morgan fingerprint density at radius 2 is 2.00 bits per heavy atom. The number of nitrogens with zero attached hydrogens (tertiary/aromatic N) is 2. The highest BCUT2D eigenvalue weighted by molar-refractivity contribution is 5.30. The Hall–Kier alpha value is -2.22. The SMILES string of the molecule is CO/C(O)=C(/Cc1ccc(O)cc1)[N+]#N. The normalized spacial score (nSPS) is 11.5. The van der Waals surface area contributed by atoms with Gasteiger partial charge in [0.2, 0.25) is 5.39 Å². The summed E-state index contributed by atoms with van der Waals surface area (Å²) in [7, 11) is 1.28. The van der Waals surface area contributed by atoms with Crippen LogP contribution < -0.4 is 0 Å². The number of hydrogen-bond donors (Lipinski definition) is 2. The van der Waals surface area contributed by atoms with Crippen LogP contribution >= 0.6 is 0 Å². The van der Waals surface area contributed by atoms with Gasteiger partial charge in [-0.05, 0) is 17.7 Å². The molecular weight excluding hydrogens is 196 g/mol. The first-order valence-electron chi connectivity index (χ1n) is 4.26. The molecule has 0 saturated heterocycles. The largest absolute Gasteiger partial charge is 0.508 e. The number of methoxy groups -OCH3 is 1. The average molecular weight is 207 g/mol. The average Bonchev–Trinajstić information content (AvgIpc) is 2.27. The third-order valence-corrected chi connectivity index (χ3v) is 1.87. The van der Waals surface area contributed by atoms with Crippen LogP contribution in [-0.2, 0) is 11.2 Å². The number of aliphatic hydroxyl groups excluding tert-OH is 1. The first-order valence-corrected chi connectivity index (χ1v) is 4.26. The maximum atomic E-state index is 9.19. The predicted molar refractivity (Wildman–Crippen MR) is 53.6 cm³/mol. The molecule has 0 aliphatic carbocycles. The molecule has 1 aromatic rings. The number of phenolic OH excluding ortho intramolecular Hbond substituents is 1. The molecule has 0 bridgehead atoms. The molecule has 78 valence electrons. The lowest BCUT2D eigenvalue weighted by Crippen LogP contribution is -1.94. The quantitative estimate of drug-likeness (QED) is 0.588. The van der Waals surface area contributed by atoms with E-state index in [0.29, 0.717) is 0 Å². The standard InChI is InChI=1S/C10H10N2O3/c1-15-10(14)9(12-11)6-7-2-4-8(13)5-3-7/h2-5H,6H2,1H3,(H-,13,14)/p+1/b10-9-. The van der Waals surface area contributed by atoms with Crippen molar-refractivity contribution < 1.29 is 14.9 Å². The maximum Gasteiger partial charge on any atom is 0.444 e. The van der Waals surface area contributed by atoms with E-state index in [1.807, 2.05) is 0 Å². The van der Waals surface area contributed by atoms with Gasteiger partial charge in [0, 0.05) is 0 Å². The van der Waals surface area contributed by atoms with E-state index >= 15 is 0 Å². The fraction of sp³-hybridized carbons (Fsp3) is 0.200. The number of allylic oxidation sites excluding steroid dienone is 1. The molecule has 0 spiro atoms. The second kappa shape index (κ2) is 4.86. The third-order valence-electron chi connectivity index (χ3n) is 1.87. The van der Waals surface area contributed by atoms with E-state index in [0.717, 1.165) is 5.56 Å². The van der Waals surface area contributed by atoms with Crippen molar-refractivity contribution in [1.82, 2.24) is 0 Å². The Morgan fingerprint density at radius 1 is 1.40 bits per heavy atom. The summed E-state index contributed by atoms with van der Waals surface area (Å²) >= 11 is 0. The van der Waals surface area contributed by atoms with Crippen LogP contribution in [0.1, 0.15) is 5.56 Å². The van der Waals surface area contributed by atoms with E-state index in [4.69, 9.17) is 10.5 Å². The summed E-state index contributed by atoms with van der Waals surface area (Å²) in [5.74, 6) is -0.272. The Morgan fingerprint density at radius 3 is 2.47 bits per heavy atom. The van der Waals surface area contributed by atoms with Crippen LogP contribution in [0.5, 0.6) is 5.75 Å². The minimum absolute atomic E-state index is 0.0307. The van der Waals surface area contributed by atoms with Crippen molar-refractivity contribution in [1.29, 1.82) is 5.39 Å². The van der Waals surface area contributed by atoms with Gasteiger partial charge in [0.05, 0.1) is 13.5 Å². The van der Waals surface area contributed by atoms with E-state index in [9.17, 15) is 5.11 Å². The van der Waals surface area contributed by atoms with E-state index in [1.54, 1.807) is 12.1 Å². The fourth-order valence-corrected chi connectivity index (χ4v) is 1.08. The highest BCUT2D eigenvalue weighted by Gasteiger charge is 2.20.